The Morgan fingerprint density at radius 3 is 3.14 bits per heavy atom. The minimum atomic E-state index is -0.142. The van der Waals surface area contributed by atoms with E-state index < -0.39 is 0 Å². The molecule has 0 radical (unpaired) electrons. The van der Waals surface area contributed by atoms with Crippen molar-refractivity contribution in [3.05, 3.63) is 16.6 Å². The first-order chi connectivity index (χ1) is 6.74. The minimum absolute atomic E-state index is 0.0800. The molecule has 1 unspecified atom stereocenters. The van der Waals surface area contributed by atoms with Gasteiger partial charge in [0.2, 0.25) is 0 Å². The number of carbonyl (C=O) groups is 1. The molecule has 4 nitrogen and oxygen atoms in total. The van der Waals surface area contributed by atoms with E-state index in [0.717, 1.165) is 6.42 Å². The zero-order valence-corrected chi connectivity index (χ0v) is 8.88. The summed E-state index contributed by atoms with van der Waals surface area (Å²) in [5, 5.41) is 13.1. The van der Waals surface area contributed by atoms with Crippen LogP contribution in [0, 0.1) is 0 Å². The van der Waals surface area contributed by atoms with Gasteiger partial charge in [0.05, 0.1) is 5.51 Å². The molecular weight excluding hydrogens is 200 g/mol. The number of aromatic nitrogens is 1. The number of hydrogen-bond donors (Lipinski definition) is 2. The van der Waals surface area contributed by atoms with Crippen molar-refractivity contribution in [2.45, 2.75) is 25.8 Å². The van der Waals surface area contributed by atoms with Crippen LogP contribution in [0.25, 0.3) is 0 Å². The highest BCUT2D eigenvalue weighted by molar-refractivity contribution is 7.07. The van der Waals surface area contributed by atoms with Crippen LogP contribution in [0.4, 0.5) is 0 Å². The van der Waals surface area contributed by atoms with Gasteiger partial charge in [0.15, 0.2) is 0 Å². The molecule has 0 bridgehead atoms. The number of aliphatic hydroxyl groups is 1. The molecule has 0 aliphatic heterocycles. The summed E-state index contributed by atoms with van der Waals surface area (Å²) >= 11 is 1.40. The molecule has 14 heavy (non-hydrogen) atoms. The molecule has 2 N–H and O–H groups in total. The first-order valence-corrected chi connectivity index (χ1v) is 5.48. The van der Waals surface area contributed by atoms with Crippen molar-refractivity contribution < 1.29 is 9.90 Å². The van der Waals surface area contributed by atoms with Crippen LogP contribution in [0.1, 0.15) is 30.3 Å². The summed E-state index contributed by atoms with van der Waals surface area (Å²) < 4.78 is 0. The second-order valence-electron chi connectivity index (χ2n) is 3.11. The van der Waals surface area contributed by atoms with E-state index in [9.17, 15) is 4.79 Å². The molecule has 0 aliphatic rings. The first kappa shape index (κ1) is 11.1. The Morgan fingerprint density at radius 2 is 2.57 bits per heavy atom. The Bertz CT molecular complexity index is 274. The molecule has 1 atom stereocenters. The van der Waals surface area contributed by atoms with E-state index in [1.807, 2.05) is 6.92 Å². The van der Waals surface area contributed by atoms with E-state index in [1.54, 1.807) is 10.9 Å². The van der Waals surface area contributed by atoms with Gasteiger partial charge in [-0.1, -0.05) is 0 Å². The molecular formula is C9H14N2O2S. The summed E-state index contributed by atoms with van der Waals surface area (Å²) in [5.41, 5.74) is 2.10. The van der Waals surface area contributed by atoms with Gasteiger partial charge >= 0.3 is 0 Å². The fourth-order valence-electron chi connectivity index (χ4n) is 1.09. The van der Waals surface area contributed by atoms with Crippen LogP contribution in [0.2, 0.25) is 0 Å². The maximum absolute atomic E-state index is 11.4. The highest BCUT2D eigenvalue weighted by Crippen LogP contribution is 2.02. The Kier molecular flexibility index (Phi) is 4.55. The van der Waals surface area contributed by atoms with Crippen molar-refractivity contribution >= 4 is 17.2 Å². The Hall–Kier alpha value is -0.940. The number of nitrogens with zero attached hydrogens (tertiary/aromatic N) is 1. The lowest BCUT2D eigenvalue weighted by atomic mass is 10.2. The van der Waals surface area contributed by atoms with Crippen molar-refractivity contribution in [3.63, 3.8) is 0 Å². The molecule has 0 fully saturated rings. The third-order valence-electron chi connectivity index (χ3n) is 1.84. The summed E-state index contributed by atoms with van der Waals surface area (Å²) in [7, 11) is 0. The van der Waals surface area contributed by atoms with E-state index in [4.69, 9.17) is 5.11 Å². The third kappa shape index (κ3) is 3.43. The van der Waals surface area contributed by atoms with Gasteiger partial charge in [0, 0.05) is 18.0 Å². The molecule has 1 aromatic rings. The van der Waals surface area contributed by atoms with Gasteiger partial charge in [-0.25, -0.2) is 4.98 Å². The van der Waals surface area contributed by atoms with E-state index >= 15 is 0 Å². The fraction of sp³-hybridized carbons (Fsp3) is 0.556. The Balaban J connectivity index is 2.34. The van der Waals surface area contributed by atoms with Crippen LogP contribution in [0.5, 0.6) is 0 Å². The average molecular weight is 214 g/mol. The van der Waals surface area contributed by atoms with Gasteiger partial charge in [-0.15, -0.1) is 11.3 Å². The zero-order chi connectivity index (χ0) is 10.4. The van der Waals surface area contributed by atoms with Gasteiger partial charge in [0.1, 0.15) is 5.69 Å². The summed E-state index contributed by atoms with van der Waals surface area (Å²) in [6.45, 7) is 2.08. The van der Waals surface area contributed by atoms with E-state index in [1.165, 1.54) is 11.3 Å². The molecule has 0 saturated carbocycles. The summed E-state index contributed by atoms with van der Waals surface area (Å²) in [6.07, 6.45) is 1.49. The van der Waals surface area contributed by atoms with Crippen LogP contribution in [-0.2, 0) is 0 Å². The monoisotopic (exact) mass is 214 g/mol. The summed E-state index contributed by atoms with van der Waals surface area (Å²) in [5.74, 6) is -0.142. The molecule has 1 rings (SSSR count). The quantitative estimate of drug-likeness (QED) is 0.769. The number of carbonyl (C=O) groups excluding carboxylic acids is 1. The molecule has 0 spiro atoms. The number of thiazole rings is 1. The standard InChI is InChI=1S/C9H14N2O2S/c1-7(3-2-4-12)11-9(13)8-5-14-6-10-8/h5-7,12H,2-4H2,1H3,(H,11,13). The highest BCUT2D eigenvalue weighted by atomic mass is 32.1. The van der Waals surface area contributed by atoms with Crippen molar-refractivity contribution in [2.75, 3.05) is 6.61 Å². The summed E-state index contributed by atoms with van der Waals surface area (Å²) in [6, 6.07) is 0.0800. The number of aliphatic hydroxyl groups excluding tert-OH is 1. The van der Waals surface area contributed by atoms with Gasteiger partial charge in [0.25, 0.3) is 5.91 Å². The SMILES string of the molecule is CC(CCCO)NC(=O)c1cscn1. The third-order valence-corrected chi connectivity index (χ3v) is 2.42. The van der Waals surface area contributed by atoms with Gasteiger partial charge < -0.3 is 10.4 Å². The van der Waals surface area contributed by atoms with E-state index in [0.29, 0.717) is 12.1 Å². The van der Waals surface area contributed by atoms with Crippen LogP contribution in [0.15, 0.2) is 10.9 Å². The molecule has 0 aromatic carbocycles. The lowest BCUT2D eigenvalue weighted by molar-refractivity contribution is 0.0932. The number of amides is 1. The van der Waals surface area contributed by atoms with Crippen LogP contribution < -0.4 is 5.32 Å². The molecule has 1 heterocycles. The lowest BCUT2D eigenvalue weighted by Gasteiger charge is -2.11. The van der Waals surface area contributed by atoms with Gasteiger partial charge in [-0.2, -0.15) is 0 Å². The molecule has 0 aliphatic carbocycles. The number of nitrogens with one attached hydrogen (secondary N) is 1. The molecule has 1 amide bonds. The van der Waals surface area contributed by atoms with Crippen LogP contribution >= 0.6 is 11.3 Å². The predicted molar refractivity (Wildman–Crippen MR) is 55.4 cm³/mol. The Morgan fingerprint density at radius 1 is 1.79 bits per heavy atom. The van der Waals surface area contributed by atoms with E-state index in [2.05, 4.69) is 10.3 Å². The highest BCUT2D eigenvalue weighted by Gasteiger charge is 2.10. The second kappa shape index (κ2) is 5.72. The zero-order valence-electron chi connectivity index (χ0n) is 8.06. The largest absolute Gasteiger partial charge is 0.396 e. The maximum atomic E-state index is 11.4. The predicted octanol–water partition coefficient (Wildman–Crippen LogP) is 1.03. The second-order valence-corrected chi connectivity index (χ2v) is 3.83. The molecule has 0 saturated heterocycles. The normalized spacial score (nSPS) is 12.4. The maximum Gasteiger partial charge on any atom is 0.270 e. The van der Waals surface area contributed by atoms with Crippen molar-refractivity contribution in [3.8, 4) is 0 Å². The lowest BCUT2D eigenvalue weighted by Crippen LogP contribution is -2.32. The van der Waals surface area contributed by atoms with Crippen molar-refractivity contribution in [1.82, 2.24) is 10.3 Å². The topological polar surface area (TPSA) is 62.2 Å². The first-order valence-electron chi connectivity index (χ1n) is 4.54. The molecule has 5 heteroatoms. The molecule has 1 aromatic heterocycles. The van der Waals surface area contributed by atoms with Gasteiger partial charge in [-0.05, 0) is 19.8 Å². The molecule has 78 valence electrons. The number of hydrogen-bond acceptors (Lipinski definition) is 4. The fourth-order valence-corrected chi connectivity index (χ4v) is 1.62. The average Bonchev–Trinajstić information content (AvgIpc) is 2.67. The van der Waals surface area contributed by atoms with Crippen molar-refractivity contribution in [2.24, 2.45) is 0 Å². The number of rotatable bonds is 5. The minimum Gasteiger partial charge on any atom is -0.396 e. The Labute approximate surface area is 87.0 Å². The van der Waals surface area contributed by atoms with Crippen molar-refractivity contribution in [1.29, 1.82) is 0 Å². The summed E-state index contributed by atoms with van der Waals surface area (Å²) in [4.78, 5) is 15.4. The smallest absolute Gasteiger partial charge is 0.270 e. The van der Waals surface area contributed by atoms with Crippen LogP contribution in [-0.4, -0.2) is 28.6 Å². The van der Waals surface area contributed by atoms with E-state index in [-0.39, 0.29) is 18.6 Å². The van der Waals surface area contributed by atoms with Crippen LogP contribution in [0.3, 0.4) is 0 Å². The van der Waals surface area contributed by atoms with Gasteiger partial charge in [-0.3, -0.25) is 4.79 Å².